The summed E-state index contributed by atoms with van der Waals surface area (Å²) in [4.78, 5) is 22.7. The summed E-state index contributed by atoms with van der Waals surface area (Å²) in [6.07, 6.45) is 5.35. The Balaban J connectivity index is 1.73. The maximum atomic E-state index is 11.8. The Hall–Kier alpha value is -2.84. The molecule has 1 fully saturated rings. The van der Waals surface area contributed by atoms with Crippen molar-refractivity contribution < 1.29 is 9.53 Å². The standard InChI is InChI=1S/C16H23N7O2/c1-3-17-16(24)20-12-9-19-22-14(12)11-5-4-8-23(10-11)15-18-7-6-13(21-15)25-2/h6-7,9,11H,3-5,8,10H2,1-2H3,(H,19,22)(H2,17,20,24)/t11-/m0/s1. The topological polar surface area (TPSA) is 108 Å². The van der Waals surface area contributed by atoms with Gasteiger partial charge in [-0.25, -0.2) is 9.78 Å². The van der Waals surface area contributed by atoms with Crippen molar-refractivity contribution in [1.82, 2.24) is 25.5 Å². The maximum absolute atomic E-state index is 11.8. The average Bonchev–Trinajstić information content (AvgIpc) is 3.10. The third-order valence-corrected chi connectivity index (χ3v) is 4.19. The molecule has 0 spiro atoms. The highest BCUT2D eigenvalue weighted by Crippen LogP contribution is 2.31. The Labute approximate surface area is 146 Å². The van der Waals surface area contributed by atoms with E-state index in [4.69, 9.17) is 4.74 Å². The third kappa shape index (κ3) is 3.98. The second kappa shape index (κ2) is 7.82. The van der Waals surface area contributed by atoms with Crippen LogP contribution in [0.15, 0.2) is 18.5 Å². The van der Waals surface area contributed by atoms with E-state index < -0.39 is 0 Å². The highest BCUT2D eigenvalue weighted by Gasteiger charge is 2.26. The van der Waals surface area contributed by atoms with Crippen molar-refractivity contribution in [3.8, 4) is 5.88 Å². The van der Waals surface area contributed by atoms with Crippen molar-refractivity contribution in [1.29, 1.82) is 0 Å². The van der Waals surface area contributed by atoms with Crippen molar-refractivity contribution in [2.45, 2.75) is 25.7 Å². The Kier molecular flexibility index (Phi) is 5.32. The number of rotatable bonds is 5. The third-order valence-electron chi connectivity index (χ3n) is 4.19. The Morgan fingerprint density at radius 3 is 3.20 bits per heavy atom. The van der Waals surface area contributed by atoms with Crippen molar-refractivity contribution in [3.63, 3.8) is 0 Å². The van der Waals surface area contributed by atoms with E-state index in [0.29, 0.717) is 24.1 Å². The van der Waals surface area contributed by atoms with Gasteiger partial charge in [0.1, 0.15) is 0 Å². The van der Waals surface area contributed by atoms with Crippen LogP contribution in [0.25, 0.3) is 0 Å². The van der Waals surface area contributed by atoms with Crippen LogP contribution in [-0.2, 0) is 0 Å². The maximum Gasteiger partial charge on any atom is 0.319 e. The molecule has 3 N–H and O–H groups in total. The summed E-state index contributed by atoms with van der Waals surface area (Å²) in [5, 5.41) is 12.7. The zero-order valence-electron chi connectivity index (χ0n) is 14.5. The molecule has 2 amide bonds. The monoisotopic (exact) mass is 345 g/mol. The lowest BCUT2D eigenvalue weighted by atomic mass is 9.94. The number of amides is 2. The number of carbonyl (C=O) groups excluding carboxylic acids is 1. The van der Waals surface area contributed by atoms with Gasteiger partial charge in [-0.3, -0.25) is 5.10 Å². The first-order valence-corrected chi connectivity index (χ1v) is 8.41. The van der Waals surface area contributed by atoms with E-state index in [0.717, 1.165) is 31.6 Å². The molecule has 0 saturated carbocycles. The first-order valence-electron chi connectivity index (χ1n) is 8.41. The van der Waals surface area contributed by atoms with Gasteiger partial charge in [-0.05, 0) is 19.8 Å². The number of aromatic amines is 1. The SMILES string of the molecule is CCNC(=O)Nc1cn[nH]c1[C@H]1CCCN(c2nccc(OC)n2)C1. The molecule has 2 aromatic heterocycles. The number of nitrogens with one attached hydrogen (secondary N) is 3. The van der Waals surface area contributed by atoms with Crippen LogP contribution in [0.2, 0.25) is 0 Å². The van der Waals surface area contributed by atoms with Gasteiger partial charge in [0.05, 0.1) is 24.7 Å². The molecule has 0 unspecified atom stereocenters. The summed E-state index contributed by atoms with van der Waals surface area (Å²) in [5.74, 6) is 1.41. The van der Waals surface area contributed by atoms with E-state index in [-0.39, 0.29) is 11.9 Å². The predicted octanol–water partition coefficient (Wildman–Crippen LogP) is 1.73. The number of anilines is 2. The van der Waals surface area contributed by atoms with Crippen LogP contribution in [0.3, 0.4) is 0 Å². The molecule has 1 saturated heterocycles. The number of ether oxygens (including phenoxy) is 1. The number of hydrogen-bond donors (Lipinski definition) is 3. The molecule has 9 nitrogen and oxygen atoms in total. The van der Waals surface area contributed by atoms with E-state index in [9.17, 15) is 4.79 Å². The highest BCUT2D eigenvalue weighted by atomic mass is 16.5. The summed E-state index contributed by atoms with van der Waals surface area (Å²) in [7, 11) is 1.59. The lowest BCUT2D eigenvalue weighted by Crippen LogP contribution is -2.36. The summed E-state index contributed by atoms with van der Waals surface area (Å²) < 4.78 is 5.18. The van der Waals surface area contributed by atoms with E-state index in [1.54, 1.807) is 25.6 Å². The highest BCUT2D eigenvalue weighted by molar-refractivity contribution is 5.89. The smallest absolute Gasteiger partial charge is 0.319 e. The Morgan fingerprint density at radius 1 is 1.52 bits per heavy atom. The van der Waals surface area contributed by atoms with Crippen LogP contribution in [0, 0.1) is 0 Å². The van der Waals surface area contributed by atoms with Crippen molar-refractivity contribution in [2.75, 3.05) is 37.0 Å². The van der Waals surface area contributed by atoms with Crippen molar-refractivity contribution >= 4 is 17.7 Å². The quantitative estimate of drug-likeness (QED) is 0.762. The first-order chi connectivity index (χ1) is 12.2. The molecule has 0 bridgehead atoms. The number of H-pyrrole nitrogens is 1. The molecular weight excluding hydrogens is 322 g/mol. The summed E-state index contributed by atoms with van der Waals surface area (Å²) in [6, 6.07) is 1.50. The minimum absolute atomic E-state index is 0.211. The molecule has 0 radical (unpaired) electrons. The van der Waals surface area contributed by atoms with Crippen LogP contribution in [0.5, 0.6) is 5.88 Å². The number of hydrogen-bond acceptors (Lipinski definition) is 6. The van der Waals surface area contributed by atoms with Gasteiger partial charge in [-0.15, -0.1) is 0 Å². The molecular formula is C16H23N7O2. The molecule has 9 heteroatoms. The predicted molar refractivity (Wildman–Crippen MR) is 94.1 cm³/mol. The van der Waals surface area contributed by atoms with Crippen LogP contribution in [-0.4, -0.2) is 52.9 Å². The molecule has 2 aromatic rings. The number of piperidine rings is 1. The number of carbonyl (C=O) groups is 1. The largest absolute Gasteiger partial charge is 0.481 e. The normalized spacial score (nSPS) is 17.2. The molecule has 25 heavy (non-hydrogen) atoms. The Morgan fingerprint density at radius 2 is 2.40 bits per heavy atom. The summed E-state index contributed by atoms with van der Waals surface area (Å²) in [5.41, 5.74) is 1.64. The minimum Gasteiger partial charge on any atom is -0.481 e. The van der Waals surface area contributed by atoms with Gasteiger partial charge in [0, 0.05) is 37.8 Å². The lowest BCUT2D eigenvalue weighted by molar-refractivity contribution is 0.252. The van der Waals surface area contributed by atoms with Gasteiger partial charge in [0.15, 0.2) is 0 Å². The zero-order valence-corrected chi connectivity index (χ0v) is 14.5. The van der Waals surface area contributed by atoms with Gasteiger partial charge in [-0.1, -0.05) is 0 Å². The fourth-order valence-corrected chi connectivity index (χ4v) is 3.03. The Bertz CT molecular complexity index is 718. The second-order valence-electron chi connectivity index (χ2n) is 5.87. The molecule has 0 aliphatic carbocycles. The second-order valence-corrected chi connectivity index (χ2v) is 5.87. The van der Waals surface area contributed by atoms with Gasteiger partial charge in [0.2, 0.25) is 11.8 Å². The molecule has 3 rings (SSSR count). The fraction of sp³-hybridized carbons (Fsp3) is 0.500. The van der Waals surface area contributed by atoms with Crippen LogP contribution >= 0.6 is 0 Å². The van der Waals surface area contributed by atoms with Crippen LogP contribution in [0.4, 0.5) is 16.4 Å². The van der Waals surface area contributed by atoms with Gasteiger partial charge >= 0.3 is 6.03 Å². The summed E-state index contributed by atoms with van der Waals surface area (Å²) in [6.45, 7) is 4.09. The fourth-order valence-electron chi connectivity index (χ4n) is 3.03. The van der Waals surface area contributed by atoms with Gasteiger partial charge in [0.25, 0.3) is 0 Å². The molecule has 1 aliphatic rings. The summed E-state index contributed by atoms with van der Waals surface area (Å²) >= 11 is 0. The number of methoxy groups -OCH3 is 1. The van der Waals surface area contributed by atoms with Crippen molar-refractivity contribution in [3.05, 3.63) is 24.2 Å². The zero-order chi connectivity index (χ0) is 17.6. The van der Waals surface area contributed by atoms with E-state index in [1.165, 1.54) is 0 Å². The number of aromatic nitrogens is 4. The number of nitrogens with zero attached hydrogens (tertiary/aromatic N) is 4. The van der Waals surface area contributed by atoms with Gasteiger partial charge < -0.3 is 20.3 Å². The van der Waals surface area contributed by atoms with Crippen LogP contribution in [0.1, 0.15) is 31.4 Å². The van der Waals surface area contributed by atoms with E-state index >= 15 is 0 Å². The van der Waals surface area contributed by atoms with Crippen LogP contribution < -0.4 is 20.3 Å². The molecule has 134 valence electrons. The van der Waals surface area contributed by atoms with E-state index in [1.807, 2.05) is 6.92 Å². The van der Waals surface area contributed by atoms with Crippen molar-refractivity contribution in [2.24, 2.45) is 0 Å². The first kappa shape index (κ1) is 17.0. The lowest BCUT2D eigenvalue weighted by Gasteiger charge is -2.32. The average molecular weight is 345 g/mol. The molecule has 1 atom stereocenters. The molecule has 3 heterocycles. The molecule has 1 aliphatic heterocycles. The molecule has 0 aromatic carbocycles. The minimum atomic E-state index is -0.228. The number of urea groups is 1. The van der Waals surface area contributed by atoms with Gasteiger partial charge in [-0.2, -0.15) is 10.1 Å². The van der Waals surface area contributed by atoms with E-state index in [2.05, 4.69) is 35.7 Å².